The lowest BCUT2D eigenvalue weighted by Crippen LogP contribution is -2.37. The number of nitrogens with zero attached hydrogens (tertiary/aromatic N) is 1. The average molecular weight is 185 g/mol. The zero-order valence-electron chi connectivity index (χ0n) is 8.75. The van der Waals surface area contributed by atoms with E-state index in [-0.39, 0.29) is 11.7 Å². The first-order chi connectivity index (χ1) is 6.11. The van der Waals surface area contributed by atoms with E-state index in [2.05, 4.69) is 18.7 Å². The Morgan fingerprint density at radius 2 is 2.23 bits per heavy atom. The summed E-state index contributed by atoms with van der Waals surface area (Å²) < 4.78 is 5.39. The molecule has 0 amide bonds. The van der Waals surface area contributed by atoms with Crippen LogP contribution in [0.5, 0.6) is 0 Å². The smallest absolute Gasteiger partial charge is 0.136 e. The molecule has 3 heteroatoms. The van der Waals surface area contributed by atoms with Crippen LogP contribution in [-0.4, -0.2) is 43.0 Å². The summed E-state index contributed by atoms with van der Waals surface area (Å²) in [4.78, 5) is 13.5. The second-order valence-corrected chi connectivity index (χ2v) is 3.97. The number of carbonyl (C=O) groups is 1. The van der Waals surface area contributed by atoms with E-state index in [1.165, 1.54) is 0 Å². The topological polar surface area (TPSA) is 29.5 Å². The first-order valence-corrected chi connectivity index (χ1v) is 4.93. The molecule has 1 aliphatic rings. The number of rotatable bonds is 2. The van der Waals surface area contributed by atoms with Gasteiger partial charge in [-0.2, -0.15) is 0 Å². The molecular weight excluding hydrogens is 166 g/mol. The highest BCUT2D eigenvalue weighted by Crippen LogP contribution is 2.10. The predicted molar refractivity (Wildman–Crippen MR) is 51.7 cm³/mol. The number of hydrogen-bond acceptors (Lipinski definition) is 3. The molecule has 3 nitrogen and oxygen atoms in total. The number of carbonyl (C=O) groups excluding carboxylic acids is 1. The van der Waals surface area contributed by atoms with Crippen molar-refractivity contribution in [3.05, 3.63) is 0 Å². The van der Waals surface area contributed by atoms with Gasteiger partial charge in [-0.05, 0) is 20.8 Å². The summed E-state index contributed by atoms with van der Waals surface area (Å²) in [6.07, 6.45) is 0. The normalized spacial score (nSPS) is 26.0. The minimum absolute atomic E-state index is 0.0740. The Labute approximate surface area is 80.1 Å². The maximum atomic E-state index is 11.2. The van der Waals surface area contributed by atoms with Gasteiger partial charge in [0.05, 0.1) is 19.1 Å². The van der Waals surface area contributed by atoms with Gasteiger partial charge in [0.15, 0.2) is 0 Å². The molecule has 1 saturated heterocycles. The molecule has 0 aliphatic carbocycles. The maximum absolute atomic E-state index is 11.2. The molecule has 13 heavy (non-hydrogen) atoms. The van der Waals surface area contributed by atoms with Gasteiger partial charge >= 0.3 is 0 Å². The van der Waals surface area contributed by atoms with Crippen molar-refractivity contribution in [2.45, 2.75) is 26.8 Å². The van der Waals surface area contributed by atoms with Gasteiger partial charge in [-0.15, -0.1) is 0 Å². The molecule has 0 aromatic carbocycles. The SMILES string of the molecule is CC(=O)[C@@H]1COCCN(C(C)C)C1. The molecule has 0 radical (unpaired) electrons. The fourth-order valence-electron chi connectivity index (χ4n) is 1.55. The van der Waals surface area contributed by atoms with E-state index >= 15 is 0 Å². The van der Waals surface area contributed by atoms with Crippen LogP contribution in [-0.2, 0) is 9.53 Å². The van der Waals surface area contributed by atoms with Crippen molar-refractivity contribution < 1.29 is 9.53 Å². The Morgan fingerprint density at radius 3 is 2.77 bits per heavy atom. The zero-order chi connectivity index (χ0) is 9.84. The summed E-state index contributed by atoms with van der Waals surface area (Å²) in [5, 5.41) is 0. The van der Waals surface area contributed by atoms with E-state index in [9.17, 15) is 4.79 Å². The van der Waals surface area contributed by atoms with Crippen molar-refractivity contribution >= 4 is 5.78 Å². The van der Waals surface area contributed by atoms with Crippen LogP contribution in [0.1, 0.15) is 20.8 Å². The van der Waals surface area contributed by atoms with Crippen molar-refractivity contribution in [1.29, 1.82) is 0 Å². The van der Waals surface area contributed by atoms with Crippen molar-refractivity contribution in [1.82, 2.24) is 4.90 Å². The lowest BCUT2D eigenvalue weighted by atomic mass is 10.1. The maximum Gasteiger partial charge on any atom is 0.136 e. The van der Waals surface area contributed by atoms with E-state index in [0.717, 1.165) is 19.7 Å². The summed E-state index contributed by atoms with van der Waals surface area (Å²) in [5.74, 6) is 0.317. The van der Waals surface area contributed by atoms with Gasteiger partial charge in [0.25, 0.3) is 0 Å². The molecule has 0 spiro atoms. The van der Waals surface area contributed by atoms with Crippen LogP contribution in [0.25, 0.3) is 0 Å². The van der Waals surface area contributed by atoms with Crippen molar-refractivity contribution in [2.75, 3.05) is 26.3 Å². The molecule has 1 atom stereocenters. The fraction of sp³-hybridized carbons (Fsp3) is 0.900. The quantitative estimate of drug-likeness (QED) is 0.641. The summed E-state index contributed by atoms with van der Waals surface area (Å²) in [7, 11) is 0. The van der Waals surface area contributed by atoms with Crippen LogP contribution in [0.2, 0.25) is 0 Å². The third-order valence-corrected chi connectivity index (χ3v) is 2.60. The fourth-order valence-corrected chi connectivity index (χ4v) is 1.55. The van der Waals surface area contributed by atoms with E-state index < -0.39 is 0 Å². The standard InChI is InChI=1S/C10H19NO2/c1-8(2)11-4-5-13-7-10(6-11)9(3)12/h8,10H,4-7H2,1-3H3/t10-/m0/s1. The van der Waals surface area contributed by atoms with Crippen LogP contribution >= 0.6 is 0 Å². The number of ether oxygens (including phenoxy) is 1. The highest BCUT2D eigenvalue weighted by Gasteiger charge is 2.23. The lowest BCUT2D eigenvalue weighted by Gasteiger charge is -2.25. The van der Waals surface area contributed by atoms with Gasteiger partial charge in [-0.1, -0.05) is 0 Å². The van der Waals surface area contributed by atoms with E-state index in [1.54, 1.807) is 6.92 Å². The predicted octanol–water partition coefficient (Wildman–Crippen LogP) is 0.932. The Kier molecular flexibility index (Phi) is 3.88. The summed E-state index contributed by atoms with van der Waals surface area (Å²) in [5.41, 5.74) is 0. The summed E-state index contributed by atoms with van der Waals surface area (Å²) in [6.45, 7) is 9.11. The second-order valence-electron chi connectivity index (χ2n) is 3.97. The molecule has 0 aromatic heterocycles. The molecular formula is C10H19NO2. The number of hydrogen-bond donors (Lipinski definition) is 0. The molecule has 0 saturated carbocycles. The molecule has 1 aliphatic heterocycles. The van der Waals surface area contributed by atoms with Gasteiger partial charge < -0.3 is 4.74 Å². The molecule has 0 N–H and O–H groups in total. The minimum atomic E-state index is 0.0740. The first kappa shape index (κ1) is 10.7. The Balaban J connectivity index is 2.54. The second kappa shape index (κ2) is 4.72. The molecule has 1 fully saturated rings. The molecule has 1 rings (SSSR count). The van der Waals surface area contributed by atoms with Gasteiger partial charge in [0.1, 0.15) is 5.78 Å². The van der Waals surface area contributed by atoms with Crippen LogP contribution < -0.4 is 0 Å². The number of Topliss-reactive ketones (excluding diaryl/α,β-unsaturated/α-hetero) is 1. The van der Waals surface area contributed by atoms with Crippen LogP contribution in [0.3, 0.4) is 0 Å². The third-order valence-electron chi connectivity index (χ3n) is 2.60. The largest absolute Gasteiger partial charge is 0.379 e. The lowest BCUT2D eigenvalue weighted by molar-refractivity contribution is -0.122. The van der Waals surface area contributed by atoms with Crippen molar-refractivity contribution in [3.8, 4) is 0 Å². The Bertz CT molecular complexity index is 180. The highest BCUT2D eigenvalue weighted by molar-refractivity contribution is 5.78. The first-order valence-electron chi connectivity index (χ1n) is 4.93. The molecule has 0 aromatic rings. The monoisotopic (exact) mass is 185 g/mol. The molecule has 76 valence electrons. The highest BCUT2D eigenvalue weighted by atomic mass is 16.5. The van der Waals surface area contributed by atoms with Gasteiger partial charge in [0.2, 0.25) is 0 Å². The molecule has 0 unspecified atom stereocenters. The number of ketones is 1. The molecule has 0 bridgehead atoms. The van der Waals surface area contributed by atoms with Gasteiger partial charge in [-0.25, -0.2) is 0 Å². The van der Waals surface area contributed by atoms with Crippen molar-refractivity contribution in [2.24, 2.45) is 5.92 Å². The van der Waals surface area contributed by atoms with Crippen LogP contribution in [0.15, 0.2) is 0 Å². The Hall–Kier alpha value is -0.410. The molecule has 1 heterocycles. The summed E-state index contributed by atoms with van der Waals surface area (Å²) in [6, 6.07) is 0.503. The summed E-state index contributed by atoms with van der Waals surface area (Å²) >= 11 is 0. The van der Waals surface area contributed by atoms with E-state index in [4.69, 9.17) is 4.74 Å². The average Bonchev–Trinajstić information content (AvgIpc) is 2.28. The Morgan fingerprint density at radius 1 is 1.54 bits per heavy atom. The van der Waals surface area contributed by atoms with Gasteiger partial charge in [-0.3, -0.25) is 9.69 Å². The van der Waals surface area contributed by atoms with Crippen LogP contribution in [0.4, 0.5) is 0 Å². The van der Waals surface area contributed by atoms with E-state index in [0.29, 0.717) is 12.6 Å². The third kappa shape index (κ3) is 3.08. The van der Waals surface area contributed by atoms with Gasteiger partial charge in [0, 0.05) is 19.1 Å². The zero-order valence-corrected chi connectivity index (χ0v) is 8.75. The van der Waals surface area contributed by atoms with Crippen molar-refractivity contribution in [3.63, 3.8) is 0 Å². The van der Waals surface area contributed by atoms with E-state index in [1.807, 2.05) is 0 Å². The minimum Gasteiger partial charge on any atom is -0.379 e. The van der Waals surface area contributed by atoms with Crippen LogP contribution in [0, 0.1) is 5.92 Å².